The molecule has 0 spiro atoms. The second-order valence-electron chi connectivity index (χ2n) is 3.66. The molecule has 0 amide bonds. The summed E-state index contributed by atoms with van der Waals surface area (Å²) in [5.41, 5.74) is 0. The molecule has 0 aromatic heterocycles. The van der Waals surface area contributed by atoms with E-state index in [4.69, 9.17) is 15.3 Å². The number of rotatable bonds is 1. The molecule has 0 aliphatic heterocycles. The van der Waals surface area contributed by atoms with E-state index in [0.717, 1.165) is 20.3 Å². The Bertz CT molecular complexity index is 162. The van der Waals surface area contributed by atoms with E-state index in [1.165, 1.54) is 11.8 Å². The van der Waals surface area contributed by atoms with Gasteiger partial charge in [0.05, 0.1) is 0 Å². The van der Waals surface area contributed by atoms with Gasteiger partial charge < -0.3 is 15.3 Å². The number of aliphatic carboxylic acids is 1. The third kappa shape index (κ3) is 8.44. The molecular formula is C12H24O4. The highest BCUT2D eigenvalue weighted by molar-refractivity contribution is 5.78. The Morgan fingerprint density at radius 2 is 1.31 bits per heavy atom. The predicted molar refractivity (Wildman–Crippen MR) is 64.2 cm³/mol. The van der Waals surface area contributed by atoms with Crippen LogP contribution in [-0.4, -0.2) is 35.5 Å². The fraction of sp³-hybridized carbons (Fsp3) is 0.750. The number of hydrogen-bond acceptors (Lipinski definition) is 3. The number of aliphatic hydroxyl groups is 2. The van der Waals surface area contributed by atoms with Crippen LogP contribution in [-0.2, 0) is 4.79 Å². The van der Waals surface area contributed by atoms with Crippen molar-refractivity contribution >= 4 is 5.97 Å². The van der Waals surface area contributed by atoms with Crippen molar-refractivity contribution < 1.29 is 20.1 Å². The van der Waals surface area contributed by atoms with Gasteiger partial charge in [-0.3, -0.25) is 0 Å². The van der Waals surface area contributed by atoms with Crippen molar-refractivity contribution in [1.29, 1.82) is 0 Å². The van der Waals surface area contributed by atoms with Gasteiger partial charge in [0.15, 0.2) is 0 Å². The molecule has 4 nitrogen and oxygen atoms in total. The lowest BCUT2D eigenvalue weighted by molar-refractivity contribution is -0.131. The summed E-state index contributed by atoms with van der Waals surface area (Å²) in [5.74, 6) is 1.36. The lowest BCUT2D eigenvalue weighted by Crippen LogP contribution is -1.90. The summed E-state index contributed by atoms with van der Waals surface area (Å²) in [5, 5.41) is 21.6. The normalized spacial score (nSPS) is 23.8. The van der Waals surface area contributed by atoms with E-state index in [1.54, 1.807) is 32.1 Å². The van der Waals surface area contributed by atoms with E-state index >= 15 is 0 Å². The Morgan fingerprint density at radius 1 is 1.06 bits per heavy atom. The van der Waals surface area contributed by atoms with Gasteiger partial charge in [0.25, 0.3) is 0 Å². The number of fused-ring (bicyclic) bond motifs is 2. The number of hydrogen-bond donors (Lipinski definition) is 3. The minimum Gasteiger partial charge on any atom is -0.478 e. The molecule has 0 atom stereocenters. The topological polar surface area (TPSA) is 77.8 Å². The Balaban J connectivity index is 0. The first-order valence-corrected chi connectivity index (χ1v) is 5.47. The first-order valence-electron chi connectivity index (χ1n) is 5.47. The van der Waals surface area contributed by atoms with Crippen LogP contribution in [0.5, 0.6) is 0 Å². The third-order valence-corrected chi connectivity index (χ3v) is 2.81. The maximum Gasteiger partial charge on any atom is 0.327 e. The summed E-state index contributed by atoms with van der Waals surface area (Å²) >= 11 is 0. The van der Waals surface area contributed by atoms with Crippen molar-refractivity contribution in [2.75, 3.05) is 14.2 Å². The van der Waals surface area contributed by atoms with Crippen LogP contribution in [0, 0.1) is 11.8 Å². The zero-order valence-corrected chi connectivity index (χ0v) is 10.2. The monoisotopic (exact) mass is 232 g/mol. The van der Waals surface area contributed by atoms with Crippen molar-refractivity contribution in [2.24, 2.45) is 11.8 Å². The molecule has 3 N–H and O–H groups in total. The molecule has 96 valence electrons. The maximum atomic E-state index is 9.25. The largest absolute Gasteiger partial charge is 0.478 e. The Morgan fingerprint density at radius 3 is 1.38 bits per heavy atom. The molecular weight excluding hydrogens is 208 g/mol. The smallest absolute Gasteiger partial charge is 0.327 e. The summed E-state index contributed by atoms with van der Waals surface area (Å²) < 4.78 is 0. The molecule has 2 rings (SSSR count). The van der Waals surface area contributed by atoms with E-state index in [-0.39, 0.29) is 0 Å². The van der Waals surface area contributed by atoms with Crippen LogP contribution in [0.3, 0.4) is 0 Å². The van der Waals surface area contributed by atoms with Gasteiger partial charge in [-0.25, -0.2) is 4.79 Å². The van der Waals surface area contributed by atoms with E-state index in [1.807, 2.05) is 0 Å². The Kier molecular flexibility index (Phi) is 13.4. The van der Waals surface area contributed by atoms with Gasteiger partial charge in [-0.2, -0.15) is 0 Å². The Labute approximate surface area is 97.6 Å². The fourth-order valence-corrected chi connectivity index (χ4v) is 2.17. The van der Waals surface area contributed by atoms with Crippen LogP contribution in [0.2, 0.25) is 0 Å². The van der Waals surface area contributed by atoms with Gasteiger partial charge in [0.2, 0.25) is 0 Å². The molecule has 2 fully saturated rings. The van der Waals surface area contributed by atoms with Crippen LogP contribution >= 0.6 is 0 Å². The summed E-state index contributed by atoms with van der Waals surface area (Å²) in [6, 6.07) is 0. The average Bonchev–Trinajstić information content (AvgIpc) is 2.99. The van der Waals surface area contributed by atoms with Crippen LogP contribution in [0.1, 0.15) is 32.1 Å². The van der Waals surface area contributed by atoms with E-state index < -0.39 is 5.97 Å². The molecule has 0 aromatic rings. The highest BCUT2D eigenvalue weighted by atomic mass is 16.4. The molecule has 2 saturated carbocycles. The van der Waals surface area contributed by atoms with Gasteiger partial charge in [-0.1, -0.05) is 32.3 Å². The fourth-order valence-electron chi connectivity index (χ4n) is 2.17. The van der Waals surface area contributed by atoms with Crippen molar-refractivity contribution in [3.63, 3.8) is 0 Å². The number of carboxylic acids is 1. The second-order valence-corrected chi connectivity index (χ2v) is 3.66. The molecule has 16 heavy (non-hydrogen) atoms. The molecule has 0 heterocycles. The molecule has 0 unspecified atom stereocenters. The van der Waals surface area contributed by atoms with Gasteiger partial charge in [-0.05, 0) is 18.3 Å². The molecule has 0 radical (unpaired) electrons. The standard InChI is InChI=1S/C7H12.C3H4O2.2CH4O/c1-2-7-4-3-6(1)5-7;1-2-3(4)5;2*1-2/h6-7H,1-5H2;2H,1H2,(H,4,5);2*2H,1H3. The van der Waals surface area contributed by atoms with Crippen molar-refractivity contribution in [3.05, 3.63) is 12.7 Å². The highest BCUT2D eigenvalue weighted by Gasteiger charge is 2.30. The van der Waals surface area contributed by atoms with E-state index in [2.05, 4.69) is 6.58 Å². The van der Waals surface area contributed by atoms with Crippen LogP contribution in [0.15, 0.2) is 12.7 Å². The first kappa shape index (κ1) is 17.5. The molecule has 2 aliphatic carbocycles. The van der Waals surface area contributed by atoms with Crippen LogP contribution in [0.4, 0.5) is 0 Å². The average molecular weight is 232 g/mol. The van der Waals surface area contributed by atoms with E-state index in [9.17, 15) is 4.79 Å². The first-order chi connectivity index (χ1) is 7.72. The minimum atomic E-state index is -0.981. The quantitative estimate of drug-likeness (QED) is 0.601. The summed E-state index contributed by atoms with van der Waals surface area (Å²) in [7, 11) is 2.00. The van der Waals surface area contributed by atoms with Crippen molar-refractivity contribution in [1.82, 2.24) is 0 Å². The molecule has 2 bridgehead atoms. The van der Waals surface area contributed by atoms with Gasteiger partial charge in [0.1, 0.15) is 0 Å². The van der Waals surface area contributed by atoms with E-state index in [0.29, 0.717) is 0 Å². The van der Waals surface area contributed by atoms with Crippen LogP contribution in [0.25, 0.3) is 0 Å². The second kappa shape index (κ2) is 12.2. The zero-order valence-electron chi connectivity index (χ0n) is 10.2. The molecule has 0 aromatic carbocycles. The van der Waals surface area contributed by atoms with Gasteiger partial charge >= 0.3 is 5.97 Å². The molecule has 0 saturated heterocycles. The SMILES string of the molecule is C1CC2CCC1C2.C=CC(=O)O.CO.CO. The van der Waals surface area contributed by atoms with Crippen molar-refractivity contribution in [2.45, 2.75) is 32.1 Å². The van der Waals surface area contributed by atoms with Crippen LogP contribution < -0.4 is 0 Å². The predicted octanol–water partition coefficient (Wildman–Crippen LogP) is 1.67. The molecule has 2 aliphatic rings. The lowest BCUT2D eigenvalue weighted by atomic mass is 10.0. The molecule has 4 heteroatoms. The van der Waals surface area contributed by atoms with Crippen molar-refractivity contribution in [3.8, 4) is 0 Å². The maximum absolute atomic E-state index is 9.25. The number of carboxylic acid groups (broad SMARTS) is 1. The minimum absolute atomic E-state index is 0.833. The zero-order chi connectivity index (χ0) is 13.0. The highest BCUT2D eigenvalue weighted by Crippen LogP contribution is 2.43. The summed E-state index contributed by atoms with van der Waals surface area (Å²) in [6.45, 7) is 2.96. The summed E-state index contributed by atoms with van der Waals surface area (Å²) in [6.07, 6.45) is 8.66. The number of aliphatic hydroxyl groups excluding tert-OH is 2. The third-order valence-electron chi connectivity index (χ3n) is 2.81. The van der Waals surface area contributed by atoms with Gasteiger partial charge in [0, 0.05) is 20.3 Å². The number of carbonyl (C=O) groups is 1. The summed E-state index contributed by atoms with van der Waals surface area (Å²) in [4.78, 5) is 9.25. The lowest BCUT2D eigenvalue weighted by Gasteiger charge is -2.05. The van der Waals surface area contributed by atoms with Gasteiger partial charge in [-0.15, -0.1) is 0 Å². The Hall–Kier alpha value is -0.870.